The molecule has 26 heavy (non-hydrogen) atoms. The maximum Gasteiger partial charge on any atom is 0.246 e. The van der Waals surface area contributed by atoms with Crippen molar-refractivity contribution < 1.29 is 26.7 Å². The summed E-state index contributed by atoms with van der Waals surface area (Å²) in [5, 5.41) is 0. The van der Waals surface area contributed by atoms with E-state index in [1.165, 1.54) is 4.31 Å². The Balaban J connectivity index is 1.70. The lowest BCUT2D eigenvalue weighted by Crippen LogP contribution is -2.31. The normalized spacial score (nSPS) is 20.3. The number of ether oxygens (including phenoxy) is 2. The molecule has 2 aliphatic rings. The molecule has 0 amide bonds. The van der Waals surface area contributed by atoms with Crippen molar-refractivity contribution in [1.82, 2.24) is 4.31 Å². The second-order valence-electron chi connectivity index (χ2n) is 6.25. The van der Waals surface area contributed by atoms with Gasteiger partial charge in [0.05, 0.1) is 6.04 Å². The molecule has 0 N–H and O–H groups in total. The Bertz CT molecular complexity index is 948. The van der Waals surface area contributed by atoms with Crippen molar-refractivity contribution >= 4 is 10.0 Å². The van der Waals surface area contributed by atoms with E-state index >= 15 is 0 Å². The summed E-state index contributed by atoms with van der Waals surface area (Å²) in [7, 11) is -4.09. The molecule has 1 unspecified atom stereocenters. The van der Waals surface area contributed by atoms with Gasteiger partial charge < -0.3 is 9.47 Å². The molecule has 0 aromatic heterocycles. The van der Waals surface area contributed by atoms with Crippen LogP contribution in [0.2, 0.25) is 0 Å². The molecule has 4 rings (SSSR count). The Morgan fingerprint density at radius 3 is 2.54 bits per heavy atom. The quantitative estimate of drug-likeness (QED) is 0.819. The SMILES string of the molecule is O=S(=O)(c1ccc(F)cc1F)N1CCCC1c1ccc2c(c1)OCCO2. The first-order valence-corrected chi connectivity index (χ1v) is 9.77. The maximum atomic E-state index is 14.1. The number of hydrogen-bond donors (Lipinski definition) is 0. The summed E-state index contributed by atoms with van der Waals surface area (Å²) in [4.78, 5) is -0.511. The minimum absolute atomic E-state index is 0.276. The molecule has 5 nitrogen and oxygen atoms in total. The van der Waals surface area contributed by atoms with Crippen molar-refractivity contribution in [3.8, 4) is 11.5 Å². The third-order valence-electron chi connectivity index (χ3n) is 4.64. The van der Waals surface area contributed by atoms with Crippen molar-refractivity contribution in [3.05, 3.63) is 53.6 Å². The van der Waals surface area contributed by atoms with Gasteiger partial charge in [0.15, 0.2) is 11.5 Å². The Morgan fingerprint density at radius 2 is 1.77 bits per heavy atom. The van der Waals surface area contributed by atoms with Crippen LogP contribution in [-0.2, 0) is 10.0 Å². The summed E-state index contributed by atoms with van der Waals surface area (Å²) in [5.74, 6) is -0.702. The first-order chi connectivity index (χ1) is 12.5. The molecule has 8 heteroatoms. The van der Waals surface area contributed by atoms with E-state index < -0.39 is 32.6 Å². The fraction of sp³-hybridized carbons (Fsp3) is 0.333. The molecule has 2 heterocycles. The van der Waals surface area contributed by atoms with E-state index in [9.17, 15) is 17.2 Å². The molecule has 2 aromatic carbocycles. The molecule has 0 bridgehead atoms. The number of benzene rings is 2. The third kappa shape index (κ3) is 2.93. The molecular weight excluding hydrogens is 364 g/mol. The second kappa shape index (κ2) is 6.51. The Kier molecular flexibility index (Phi) is 4.32. The van der Waals surface area contributed by atoms with Crippen LogP contribution in [0.5, 0.6) is 11.5 Å². The Labute approximate surface area is 150 Å². The van der Waals surface area contributed by atoms with E-state index in [1.807, 2.05) is 0 Å². The van der Waals surface area contributed by atoms with Crippen LogP contribution < -0.4 is 9.47 Å². The van der Waals surface area contributed by atoms with E-state index in [0.29, 0.717) is 43.6 Å². The second-order valence-corrected chi connectivity index (χ2v) is 8.11. The van der Waals surface area contributed by atoms with Crippen molar-refractivity contribution in [2.24, 2.45) is 0 Å². The van der Waals surface area contributed by atoms with Gasteiger partial charge in [-0.25, -0.2) is 17.2 Å². The highest BCUT2D eigenvalue weighted by molar-refractivity contribution is 7.89. The van der Waals surface area contributed by atoms with Gasteiger partial charge >= 0.3 is 0 Å². The van der Waals surface area contributed by atoms with Crippen LogP contribution in [-0.4, -0.2) is 32.5 Å². The van der Waals surface area contributed by atoms with Gasteiger partial charge in [-0.3, -0.25) is 0 Å². The summed E-state index contributed by atoms with van der Waals surface area (Å²) >= 11 is 0. The summed E-state index contributed by atoms with van der Waals surface area (Å²) < 4.78 is 65.4. The molecule has 2 aliphatic heterocycles. The highest BCUT2D eigenvalue weighted by atomic mass is 32.2. The number of nitrogens with zero attached hydrogens (tertiary/aromatic N) is 1. The number of rotatable bonds is 3. The molecule has 0 aliphatic carbocycles. The number of halogens is 2. The maximum absolute atomic E-state index is 14.1. The van der Waals surface area contributed by atoms with Crippen LogP contribution in [0, 0.1) is 11.6 Å². The largest absolute Gasteiger partial charge is 0.486 e. The van der Waals surface area contributed by atoms with Gasteiger partial charge in [0.2, 0.25) is 10.0 Å². The Hall–Kier alpha value is -2.19. The standard InChI is InChI=1S/C18H17F2NO4S/c19-13-4-6-18(14(20)11-13)26(22,23)21-7-1-2-15(21)12-3-5-16-17(10-12)25-9-8-24-16/h3-6,10-11,15H,1-2,7-9H2. The number of fused-ring (bicyclic) bond motifs is 1. The van der Waals surface area contributed by atoms with Crippen LogP contribution in [0.4, 0.5) is 8.78 Å². The fourth-order valence-corrected chi connectivity index (χ4v) is 5.17. The molecule has 0 radical (unpaired) electrons. The summed E-state index contributed by atoms with van der Waals surface area (Å²) in [6.45, 7) is 1.18. The lowest BCUT2D eigenvalue weighted by atomic mass is 10.0. The molecule has 0 saturated carbocycles. The van der Waals surface area contributed by atoms with Crippen LogP contribution in [0.1, 0.15) is 24.4 Å². The van der Waals surface area contributed by atoms with Crippen LogP contribution in [0.3, 0.4) is 0 Å². The highest BCUT2D eigenvalue weighted by Gasteiger charge is 2.38. The van der Waals surface area contributed by atoms with Gasteiger partial charge in [-0.05, 0) is 42.7 Å². The van der Waals surface area contributed by atoms with E-state index in [2.05, 4.69) is 0 Å². The smallest absolute Gasteiger partial charge is 0.246 e. The lowest BCUT2D eigenvalue weighted by molar-refractivity contribution is 0.171. The van der Waals surface area contributed by atoms with E-state index in [-0.39, 0.29) is 6.54 Å². The van der Waals surface area contributed by atoms with Crippen LogP contribution in [0.15, 0.2) is 41.3 Å². The minimum Gasteiger partial charge on any atom is -0.486 e. The fourth-order valence-electron chi connectivity index (χ4n) is 3.44. The van der Waals surface area contributed by atoms with Crippen molar-refractivity contribution in [1.29, 1.82) is 0 Å². The summed E-state index contributed by atoms with van der Waals surface area (Å²) in [6, 6.07) is 7.40. The molecular formula is C18H17F2NO4S. The highest BCUT2D eigenvalue weighted by Crippen LogP contribution is 2.40. The predicted octanol–water partition coefficient (Wildman–Crippen LogP) is 3.26. The van der Waals surface area contributed by atoms with E-state index in [1.54, 1.807) is 18.2 Å². The van der Waals surface area contributed by atoms with Crippen molar-refractivity contribution in [2.75, 3.05) is 19.8 Å². The molecule has 138 valence electrons. The molecule has 1 atom stereocenters. The summed E-state index contributed by atoms with van der Waals surface area (Å²) in [6.07, 6.45) is 1.27. The lowest BCUT2D eigenvalue weighted by Gasteiger charge is -2.26. The van der Waals surface area contributed by atoms with Crippen LogP contribution in [0.25, 0.3) is 0 Å². The van der Waals surface area contributed by atoms with Gasteiger partial charge in [-0.1, -0.05) is 6.07 Å². The number of hydrogen-bond acceptors (Lipinski definition) is 4. The number of sulfonamides is 1. The topological polar surface area (TPSA) is 55.8 Å². The van der Waals surface area contributed by atoms with Crippen LogP contribution >= 0.6 is 0 Å². The zero-order valence-corrected chi connectivity index (χ0v) is 14.6. The molecule has 0 spiro atoms. The zero-order chi connectivity index (χ0) is 18.3. The van der Waals surface area contributed by atoms with Gasteiger partial charge in [0.25, 0.3) is 0 Å². The minimum atomic E-state index is -4.09. The Morgan fingerprint density at radius 1 is 1.00 bits per heavy atom. The molecule has 1 saturated heterocycles. The molecule has 1 fully saturated rings. The first kappa shape index (κ1) is 17.2. The summed E-state index contributed by atoms with van der Waals surface area (Å²) in [5.41, 5.74) is 0.762. The van der Waals surface area contributed by atoms with Crippen molar-refractivity contribution in [2.45, 2.75) is 23.8 Å². The third-order valence-corrected chi connectivity index (χ3v) is 6.58. The first-order valence-electron chi connectivity index (χ1n) is 8.33. The van der Waals surface area contributed by atoms with Gasteiger partial charge in [-0.15, -0.1) is 0 Å². The molecule has 2 aromatic rings. The zero-order valence-electron chi connectivity index (χ0n) is 13.8. The van der Waals surface area contributed by atoms with Gasteiger partial charge in [0, 0.05) is 12.6 Å². The van der Waals surface area contributed by atoms with E-state index in [0.717, 1.165) is 17.7 Å². The average Bonchev–Trinajstić information content (AvgIpc) is 3.11. The average molecular weight is 381 g/mol. The van der Waals surface area contributed by atoms with Gasteiger partial charge in [-0.2, -0.15) is 4.31 Å². The predicted molar refractivity (Wildman–Crippen MR) is 89.7 cm³/mol. The van der Waals surface area contributed by atoms with E-state index in [4.69, 9.17) is 9.47 Å². The van der Waals surface area contributed by atoms with Gasteiger partial charge in [0.1, 0.15) is 29.7 Å². The monoisotopic (exact) mass is 381 g/mol. The van der Waals surface area contributed by atoms with Crippen molar-refractivity contribution in [3.63, 3.8) is 0 Å².